The molecule has 0 spiro atoms. The molecule has 3 amide bonds. The van der Waals surface area contributed by atoms with Crippen molar-refractivity contribution in [2.75, 3.05) is 17.2 Å². The number of rotatable bonds is 5. The van der Waals surface area contributed by atoms with Gasteiger partial charge in [-0.3, -0.25) is 14.5 Å². The first kappa shape index (κ1) is 31.8. The van der Waals surface area contributed by atoms with E-state index in [1.54, 1.807) is 50.8 Å². The Kier molecular flexibility index (Phi) is 8.54. The van der Waals surface area contributed by atoms with Crippen molar-refractivity contribution in [3.8, 4) is 0 Å². The predicted octanol–water partition coefficient (Wildman–Crippen LogP) is 8.12. The van der Waals surface area contributed by atoms with Crippen molar-refractivity contribution in [3.63, 3.8) is 0 Å². The molecule has 0 unspecified atom stereocenters. The van der Waals surface area contributed by atoms with Crippen LogP contribution in [0.5, 0.6) is 0 Å². The number of aromatic nitrogens is 2. The molecule has 0 bridgehead atoms. The van der Waals surface area contributed by atoms with E-state index in [0.29, 0.717) is 47.0 Å². The summed E-state index contributed by atoms with van der Waals surface area (Å²) < 4.78 is 46.5. The van der Waals surface area contributed by atoms with Crippen molar-refractivity contribution >= 4 is 51.9 Å². The van der Waals surface area contributed by atoms with Gasteiger partial charge >= 0.3 is 12.3 Å². The number of likely N-dealkylation sites (tertiary alicyclic amines) is 1. The SMILES string of the molecule is Cc1c(Cl)cccc1NC(=O)c1cc(NC(=O)c2ccccc2C(F)(F)F)cc2[nH]c([C@@H]3CCCN3C(=O)OC(C)(C)C)nc12. The minimum atomic E-state index is -4.75. The second-order valence-electron chi connectivity index (χ2n) is 11.7. The second-order valence-corrected chi connectivity index (χ2v) is 12.1. The number of hydrogen-bond acceptors (Lipinski definition) is 5. The predicted molar refractivity (Wildman–Crippen MR) is 165 cm³/mol. The molecule has 1 aromatic heterocycles. The minimum Gasteiger partial charge on any atom is -0.444 e. The summed E-state index contributed by atoms with van der Waals surface area (Å²) in [7, 11) is 0. The van der Waals surface area contributed by atoms with Gasteiger partial charge in [-0.15, -0.1) is 0 Å². The van der Waals surface area contributed by atoms with Gasteiger partial charge in [-0.2, -0.15) is 13.2 Å². The number of imidazole rings is 1. The van der Waals surface area contributed by atoms with Crippen LogP contribution in [0, 0.1) is 6.92 Å². The highest BCUT2D eigenvalue weighted by molar-refractivity contribution is 6.31. The average molecular weight is 642 g/mol. The Morgan fingerprint density at radius 2 is 1.71 bits per heavy atom. The van der Waals surface area contributed by atoms with Crippen LogP contribution >= 0.6 is 11.6 Å². The van der Waals surface area contributed by atoms with Crippen LogP contribution in [0.1, 0.15) is 77.3 Å². The molecule has 0 aliphatic carbocycles. The molecule has 236 valence electrons. The van der Waals surface area contributed by atoms with Crippen molar-refractivity contribution in [1.29, 1.82) is 0 Å². The number of anilines is 2. The van der Waals surface area contributed by atoms with Crippen LogP contribution in [0.4, 0.5) is 29.3 Å². The standard InChI is InChI=1S/C32H31ClF3N5O4/c1-17-22(33)11-7-12-23(17)39-29(43)20-15-18(37-28(42)19-9-5-6-10-21(19)32(34,35)36)16-24-26(20)40-27(38-24)25-13-8-14-41(25)30(44)45-31(2,3)4/h5-7,9-12,15-16,25H,8,13-14H2,1-4H3,(H,37,42)(H,38,40)(H,39,43)/t25-/m0/s1. The lowest BCUT2D eigenvalue weighted by atomic mass is 10.1. The molecule has 1 aliphatic rings. The van der Waals surface area contributed by atoms with Crippen molar-refractivity contribution in [3.05, 3.63) is 87.7 Å². The fourth-order valence-corrected chi connectivity index (χ4v) is 5.36. The Morgan fingerprint density at radius 1 is 1.00 bits per heavy atom. The lowest BCUT2D eigenvalue weighted by molar-refractivity contribution is -0.137. The molecule has 3 aromatic carbocycles. The third kappa shape index (κ3) is 6.90. The third-order valence-corrected chi connectivity index (χ3v) is 7.71. The summed E-state index contributed by atoms with van der Waals surface area (Å²) in [4.78, 5) is 49.2. The molecule has 1 atom stereocenters. The zero-order valence-electron chi connectivity index (χ0n) is 24.9. The molecule has 0 saturated carbocycles. The van der Waals surface area contributed by atoms with Crippen molar-refractivity contribution < 1.29 is 32.3 Å². The molecule has 45 heavy (non-hydrogen) atoms. The number of nitrogens with zero attached hydrogens (tertiary/aromatic N) is 2. The van der Waals surface area contributed by atoms with E-state index in [1.165, 1.54) is 24.3 Å². The number of alkyl halides is 3. The molecule has 1 aliphatic heterocycles. The van der Waals surface area contributed by atoms with E-state index in [-0.39, 0.29) is 16.8 Å². The van der Waals surface area contributed by atoms with Crippen LogP contribution in [0.15, 0.2) is 54.6 Å². The number of hydrogen-bond donors (Lipinski definition) is 3. The average Bonchev–Trinajstić information content (AvgIpc) is 3.61. The Hall–Kier alpha value is -4.58. The number of ether oxygens (including phenoxy) is 1. The zero-order valence-corrected chi connectivity index (χ0v) is 25.7. The van der Waals surface area contributed by atoms with Crippen molar-refractivity contribution in [1.82, 2.24) is 14.9 Å². The Morgan fingerprint density at radius 3 is 2.42 bits per heavy atom. The molecular weight excluding hydrogens is 611 g/mol. The minimum absolute atomic E-state index is 0.0376. The number of benzene rings is 3. The highest BCUT2D eigenvalue weighted by Crippen LogP contribution is 2.36. The van der Waals surface area contributed by atoms with E-state index in [4.69, 9.17) is 21.3 Å². The number of halogens is 4. The summed E-state index contributed by atoms with van der Waals surface area (Å²) in [5.74, 6) is -1.20. The molecule has 4 aromatic rings. The van der Waals surface area contributed by atoms with Gasteiger partial charge in [0, 0.05) is 22.9 Å². The summed E-state index contributed by atoms with van der Waals surface area (Å²) in [6.07, 6.45) is -3.98. The highest BCUT2D eigenvalue weighted by atomic mass is 35.5. The third-order valence-electron chi connectivity index (χ3n) is 7.30. The Balaban J connectivity index is 1.56. The second kappa shape index (κ2) is 12.1. The summed E-state index contributed by atoms with van der Waals surface area (Å²) >= 11 is 6.24. The number of carbonyl (C=O) groups excluding carboxylic acids is 3. The maximum absolute atomic E-state index is 13.7. The van der Waals surface area contributed by atoms with Gasteiger partial charge < -0.3 is 20.4 Å². The molecule has 1 fully saturated rings. The van der Waals surface area contributed by atoms with E-state index in [0.717, 1.165) is 12.1 Å². The highest BCUT2D eigenvalue weighted by Gasteiger charge is 2.36. The van der Waals surface area contributed by atoms with Crippen LogP contribution in [0.25, 0.3) is 11.0 Å². The van der Waals surface area contributed by atoms with E-state index in [1.807, 2.05) is 0 Å². The number of aromatic amines is 1. The van der Waals surface area contributed by atoms with Crippen molar-refractivity contribution in [2.24, 2.45) is 0 Å². The molecule has 9 nitrogen and oxygen atoms in total. The molecule has 13 heteroatoms. The number of amides is 3. The fourth-order valence-electron chi connectivity index (χ4n) is 5.19. The Bertz CT molecular complexity index is 1800. The first-order chi connectivity index (χ1) is 21.1. The van der Waals surface area contributed by atoms with Gasteiger partial charge in [-0.1, -0.05) is 29.8 Å². The number of nitrogens with one attached hydrogen (secondary N) is 3. The monoisotopic (exact) mass is 641 g/mol. The topological polar surface area (TPSA) is 116 Å². The van der Waals surface area contributed by atoms with Gasteiger partial charge in [0.1, 0.15) is 16.9 Å². The van der Waals surface area contributed by atoms with Crippen LogP contribution in [0.2, 0.25) is 5.02 Å². The van der Waals surface area contributed by atoms with E-state index < -0.39 is 46.9 Å². The van der Waals surface area contributed by atoms with Crippen LogP contribution in [-0.4, -0.2) is 44.9 Å². The number of carbonyl (C=O) groups is 3. The first-order valence-electron chi connectivity index (χ1n) is 14.2. The maximum atomic E-state index is 13.7. The molecule has 2 heterocycles. The zero-order chi connectivity index (χ0) is 32.7. The van der Waals surface area contributed by atoms with Gasteiger partial charge in [-0.25, -0.2) is 9.78 Å². The maximum Gasteiger partial charge on any atom is 0.417 e. The number of fused-ring (bicyclic) bond motifs is 1. The van der Waals surface area contributed by atoms with Gasteiger partial charge in [0.05, 0.1) is 28.2 Å². The first-order valence-corrected chi connectivity index (χ1v) is 14.6. The van der Waals surface area contributed by atoms with E-state index >= 15 is 0 Å². The quantitative estimate of drug-likeness (QED) is 0.203. The lowest BCUT2D eigenvalue weighted by Crippen LogP contribution is -2.36. The van der Waals surface area contributed by atoms with Crippen LogP contribution in [0.3, 0.4) is 0 Å². The molecule has 1 saturated heterocycles. The van der Waals surface area contributed by atoms with Gasteiger partial charge in [0.25, 0.3) is 11.8 Å². The fraction of sp³-hybridized carbons (Fsp3) is 0.312. The van der Waals surface area contributed by atoms with Gasteiger partial charge in [-0.05, 0) is 82.5 Å². The molecular formula is C32H31ClF3N5O4. The van der Waals surface area contributed by atoms with Crippen LogP contribution < -0.4 is 10.6 Å². The van der Waals surface area contributed by atoms with Gasteiger partial charge in [0.2, 0.25) is 0 Å². The van der Waals surface area contributed by atoms with Crippen LogP contribution in [-0.2, 0) is 10.9 Å². The summed E-state index contributed by atoms with van der Waals surface area (Å²) in [6, 6.07) is 11.8. The molecule has 5 rings (SSSR count). The van der Waals surface area contributed by atoms with Gasteiger partial charge in [0.15, 0.2) is 0 Å². The molecule has 3 N–H and O–H groups in total. The summed E-state index contributed by atoms with van der Waals surface area (Å²) in [6.45, 7) is 7.49. The molecule has 0 radical (unpaired) electrons. The van der Waals surface area contributed by atoms with E-state index in [2.05, 4.69) is 15.6 Å². The smallest absolute Gasteiger partial charge is 0.417 e. The number of H-pyrrole nitrogens is 1. The Labute approximate surface area is 262 Å². The summed E-state index contributed by atoms with van der Waals surface area (Å²) in [5.41, 5.74) is -0.642. The largest absolute Gasteiger partial charge is 0.444 e. The van der Waals surface area contributed by atoms with Crippen molar-refractivity contribution in [2.45, 2.75) is 58.4 Å². The van der Waals surface area contributed by atoms with E-state index in [9.17, 15) is 27.6 Å². The summed E-state index contributed by atoms with van der Waals surface area (Å²) in [5, 5.41) is 5.75. The normalized spacial score (nSPS) is 15.3. The lowest BCUT2D eigenvalue weighted by Gasteiger charge is -2.27.